The van der Waals surface area contributed by atoms with Crippen molar-refractivity contribution < 1.29 is 14.3 Å². The van der Waals surface area contributed by atoms with Crippen molar-refractivity contribution >= 4 is 29.1 Å². The van der Waals surface area contributed by atoms with Crippen LogP contribution in [0.2, 0.25) is 5.02 Å². The average molecular weight is 375 g/mol. The second kappa shape index (κ2) is 9.25. The summed E-state index contributed by atoms with van der Waals surface area (Å²) < 4.78 is 5.63. The Morgan fingerprint density at radius 1 is 1.08 bits per heavy atom. The first-order valence-corrected chi connectivity index (χ1v) is 8.95. The third-order valence-electron chi connectivity index (χ3n) is 3.96. The molecule has 2 aromatic rings. The molecular formula is C20H23ClN2O3. The number of hydrogen-bond acceptors (Lipinski definition) is 3. The molecule has 26 heavy (non-hydrogen) atoms. The van der Waals surface area contributed by atoms with Crippen molar-refractivity contribution in [2.75, 3.05) is 18.4 Å². The molecule has 2 aromatic carbocycles. The summed E-state index contributed by atoms with van der Waals surface area (Å²) in [5, 5.41) is 3.38. The van der Waals surface area contributed by atoms with E-state index in [9.17, 15) is 9.59 Å². The zero-order valence-corrected chi connectivity index (χ0v) is 15.9. The van der Waals surface area contributed by atoms with Gasteiger partial charge in [0.2, 0.25) is 0 Å². The van der Waals surface area contributed by atoms with Gasteiger partial charge in [-0.1, -0.05) is 23.7 Å². The first-order valence-electron chi connectivity index (χ1n) is 8.57. The standard InChI is InChI=1S/C20H23ClN2O3/c1-4-23(5-2)20(25)17-8-6-7-9-18(17)22-19(24)14(3)26-16-12-10-15(21)11-13-16/h6-14H,4-5H2,1-3H3,(H,22,24)/t14-/m1/s1. The zero-order chi connectivity index (χ0) is 19.1. The maximum atomic E-state index is 12.6. The Kier molecular flexibility index (Phi) is 7.04. The molecule has 5 nitrogen and oxygen atoms in total. The van der Waals surface area contributed by atoms with Gasteiger partial charge in [0, 0.05) is 18.1 Å². The van der Waals surface area contributed by atoms with Crippen LogP contribution in [0, 0.1) is 0 Å². The van der Waals surface area contributed by atoms with Gasteiger partial charge >= 0.3 is 0 Å². The molecule has 6 heteroatoms. The Morgan fingerprint density at radius 3 is 2.31 bits per heavy atom. The third kappa shape index (κ3) is 4.99. The first kappa shape index (κ1) is 19.8. The number of benzene rings is 2. The minimum Gasteiger partial charge on any atom is -0.481 e. The number of para-hydroxylation sites is 1. The Labute approximate surface area is 158 Å². The number of nitrogens with zero attached hydrogens (tertiary/aromatic N) is 1. The highest BCUT2D eigenvalue weighted by molar-refractivity contribution is 6.30. The fourth-order valence-corrected chi connectivity index (χ4v) is 2.59. The molecule has 0 aromatic heterocycles. The molecule has 0 heterocycles. The summed E-state index contributed by atoms with van der Waals surface area (Å²) >= 11 is 5.84. The van der Waals surface area contributed by atoms with Crippen LogP contribution in [0.25, 0.3) is 0 Å². The Morgan fingerprint density at radius 2 is 1.69 bits per heavy atom. The van der Waals surface area contributed by atoms with E-state index >= 15 is 0 Å². The fraction of sp³-hybridized carbons (Fsp3) is 0.300. The number of anilines is 1. The van der Waals surface area contributed by atoms with E-state index in [4.69, 9.17) is 16.3 Å². The molecule has 0 aliphatic heterocycles. The number of carbonyl (C=O) groups excluding carboxylic acids is 2. The molecule has 0 spiro atoms. The SMILES string of the molecule is CCN(CC)C(=O)c1ccccc1NC(=O)[C@@H](C)Oc1ccc(Cl)cc1. The van der Waals surface area contributed by atoms with Gasteiger partial charge in [-0.15, -0.1) is 0 Å². The Bertz CT molecular complexity index is 758. The molecule has 0 bridgehead atoms. The zero-order valence-electron chi connectivity index (χ0n) is 15.2. The largest absolute Gasteiger partial charge is 0.481 e. The summed E-state index contributed by atoms with van der Waals surface area (Å²) in [4.78, 5) is 26.8. The number of hydrogen-bond donors (Lipinski definition) is 1. The van der Waals surface area contributed by atoms with E-state index in [1.165, 1.54) is 0 Å². The molecule has 0 radical (unpaired) electrons. The highest BCUT2D eigenvalue weighted by Gasteiger charge is 2.20. The highest BCUT2D eigenvalue weighted by Crippen LogP contribution is 2.20. The van der Waals surface area contributed by atoms with Crippen LogP contribution >= 0.6 is 11.6 Å². The van der Waals surface area contributed by atoms with Crippen LogP contribution < -0.4 is 10.1 Å². The van der Waals surface area contributed by atoms with Gasteiger partial charge in [0.05, 0.1) is 11.3 Å². The lowest BCUT2D eigenvalue weighted by Crippen LogP contribution is -2.33. The van der Waals surface area contributed by atoms with Gasteiger partial charge in [-0.05, 0) is 57.2 Å². The van der Waals surface area contributed by atoms with Crippen molar-refractivity contribution in [2.45, 2.75) is 26.9 Å². The normalized spacial score (nSPS) is 11.5. The molecular weight excluding hydrogens is 352 g/mol. The summed E-state index contributed by atoms with van der Waals surface area (Å²) in [6.45, 7) is 6.70. The molecule has 0 saturated carbocycles. The van der Waals surface area contributed by atoms with Gasteiger partial charge in [0.25, 0.3) is 11.8 Å². The van der Waals surface area contributed by atoms with E-state index in [1.54, 1.807) is 60.4 Å². The summed E-state index contributed by atoms with van der Waals surface area (Å²) in [5.41, 5.74) is 0.934. The van der Waals surface area contributed by atoms with Crippen molar-refractivity contribution in [2.24, 2.45) is 0 Å². The van der Waals surface area contributed by atoms with Gasteiger partial charge in [0.1, 0.15) is 5.75 Å². The number of nitrogens with one attached hydrogen (secondary N) is 1. The van der Waals surface area contributed by atoms with Crippen LogP contribution in [0.3, 0.4) is 0 Å². The van der Waals surface area contributed by atoms with E-state index < -0.39 is 6.10 Å². The number of amides is 2. The lowest BCUT2D eigenvalue weighted by Gasteiger charge is -2.21. The number of carbonyl (C=O) groups is 2. The van der Waals surface area contributed by atoms with Crippen LogP contribution in [-0.4, -0.2) is 35.9 Å². The topological polar surface area (TPSA) is 58.6 Å². The monoisotopic (exact) mass is 374 g/mol. The van der Waals surface area contributed by atoms with Crippen LogP contribution in [-0.2, 0) is 4.79 Å². The van der Waals surface area contributed by atoms with Crippen LogP contribution in [0.4, 0.5) is 5.69 Å². The molecule has 138 valence electrons. The minimum absolute atomic E-state index is 0.114. The van der Waals surface area contributed by atoms with Gasteiger partial charge in [-0.25, -0.2) is 0 Å². The molecule has 0 unspecified atom stereocenters. The second-order valence-corrected chi connectivity index (χ2v) is 6.16. The Hall–Kier alpha value is -2.53. The van der Waals surface area contributed by atoms with E-state index in [1.807, 2.05) is 13.8 Å². The fourth-order valence-electron chi connectivity index (χ4n) is 2.46. The first-order chi connectivity index (χ1) is 12.5. The van der Waals surface area contributed by atoms with Crippen molar-refractivity contribution in [3.8, 4) is 5.75 Å². The molecule has 0 fully saturated rings. The summed E-state index contributed by atoms with van der Waals surface area (Å²) in [6, 6.07) is 13.8. The Balaban J connectivity index is 2.11. The summed E-state index contributed by atoms with van der Waals surface area (Å²) in [5.74, 6) is 0.0986. The molecule has 0 aliphatic rings. The lowest BCUT2D eigenvalue weighted by atomic mass is 10.1. The van der Waals surface area contributed by atoms with Gasteiger partial charge < -0.3 is 15.0 Å². The number of ether oxygens (including phenoxy) is 1. The smallest absolute Gasteiger partial charge is 0.265 e. The van der Waals surface area contributed by atoms with Crippen molar-refractivity contribution in [3.63, 3.8) is 0 Å². The van der Waals surface area contributed by atoms with Crippen molar-refractivity contribution in [1.29, 1.82) is 0 Å². The maximum Gasteiger partial charge on any atom is 0.265 e. The van der Waals surface area contributed by atoms with Crippen molar-refractivity contribution in [3.05, 3.63) is 59.1 Å². The second-order valence-electron chi connectivity index (χ2n) is 5.73. The van der Waals surface area contributed by atoms with Gasteiger partial charge in [-0.3, -0.25) is 9.59 Å². The average Bonchev–Trinajstić information content (AvgIpc) is 2.64. The molecule has 2 amide bonds. The molecule has 1 N–H and O–H groups in total. The van der Waals surface area contributed by atoms with Crippen LogP contribution in [0.5, 0.6) is 5.75 Å². The van der Waals surface area contributed by atoms with E-state index in [0.717, 1.165) is 0 Å². The van der Waals surface area contributed by atoms with Crippen LogP contribution in [0.1, 0.15) is 31.1 Å². The molecule has 0 aliphatic carbocycles. The molecule has 0 saturated heterocycles. The van der Waals surface area contributed by atoms with Crippen molar-refractivity contribution in [1.82, 2.24) is 4.90 Å². The highest BCUT2D eigenvalue weighted by atomic mass is 35.5. The van der Waals surface area contributed by atoms with Gasteiger partial charge in [-0.2, -0.15) is 0 Å². The summed E-state index contributed by atoms with van der Waals surface area (Å²) in [6.07, 6.45) is -0.729. The van der Waals surface area contributed by atoms with Crippen LogP contribution in [0.15, 0.2) is 48.5 Å². The predicted molar refractivity (Wildman–Crippen MR) is 104 cm³/mol. The third-order valence-corrected chi connectivity index (χ3v) is 4.21. The minimum atomic E-state index is -0.729. The summed E-state index contributed by atoms with van der Waals surface area (Å²) in [7, 11) is 0. The quantitative estimate of drug-likeness (QED) is 0.789. The number of rotatable bonds is 7. The molecule has 1 atom stereocenters. The lowest BCUT2D eigenvalue weighted by molar-refractivity contribution is -0.122. The van der Waals surface area contributed by atoms with E-state index in [-0.39, 0.29) is 11.8 Å². The van der Waals surface area contributed by atoms with Gasteiger partial charge in [0.15, 0.2) is 6.10 Å². The van der Waals surface area contributed by atoms with E-state index in [2.05, 4.69) is 5.32 Å². The van der Waals surface area contributed by atoms with E-state index in [0.29, 0.717) is 35.1 Å². The number of halogens is 1. The predicted octanol–water partition coefficient (Wildman–Crippen LogP) is 4.23. The maximum absolute atomic E-state index is 12.6. The molecule has 2 rings (SSSR count).